The van der Waals surface area contributed by atoms with Gasteiger partial charge in [0.15, 0.2) is 0 Å². The maximum Gasteiger partial charge on any atom is 0.258 e. The molecule has 2 aromatic carbocycles. The van der Waals surface area contributed by atoms with E-state index in [2.05, 4.69) is 5.32 Å². The fourth-order valence-electron chi connectivity index (χ4n) is 1.58. The van der Waals surface area contributed by atoms with Crippen molar-refractivity contribution in [1.82, 2.24) is 5.32 Å². The summed E-state index contributed by atoms with van der Waals surface area (Å²) in [7, 11) is 1.55. The maximum absolute atomic E-state index is 11.9. The number of rotatable bonds is 3. The Hall–Kier alpha value is -2.04. The third-order valence-corrected chi connectivity index (χ3v) is 2.62. The molecule has 0 aliphatic rings. The van der Waals surface area contributed by atoms with E-state index in [1.54, 1.807) is 55.6 Å². The molecule has 112 valence electrons. The van der Waals surface area contributed by atoms with Crippen LogP contribution >= 0.6 is 24.8 Å². The molecule has 6 heteroatoms. The van der Waals surface area contributed by atoms with Gasteiger partial charge in [-0.15, -0.1) is 24.8 Å². The van der Waals surface area contributed by atoms with Crippen LogP contribution in [0.15, 0.2) is 54.6 Å². The maximum atomic E-state index is 11.9. The number of carbonyl (C=O) groups excluding carboxylic acids is 2. The van der Waals surface area contributed by atoms with Gasteiger partial charge in [0.2, 0.25) is 0 Å². The molecule has 21 heavy (non-hydrogen) atoms. The molecule has 0 aliphatic heterocycles. The highest BCUT2D eigenvalue weighted by Gasteiger charge is 2.11. The van der Waals surface area contributed by atoms with E-state index in [9.17, 15) is 9.59 Å². The molecular formula is C15H15Cl2NO3. The molecule has 2 rings (SSSR count). The van der Waals surface area contributed by atoms with Gasteiger partial charge in [-0.1, -0.05) is 18.2 Å². The quantitative estimate of drug-likeness (QED) is 0.881. The van der Waals surface area contributed by atoms with E-state index in [1.807, 2.05) is 6.07 Å². The van der Waals surface area contributed by atoms with E-state index >= 15 is 0 Å². The molecule has 0 saturated heterocycles. The monoisotopic (exact) mass is 327 g/mol. The van der Waals surface area contributed by atoms with E-state index < -0.39 is 11.8 Å². The minimum absolute atomic E-state index is 0. The molecule has 0 spiro atoms. The zero-order valence-corrected chi connectivity index (χ0v) is 12.9. The van der Waals surface area contributed by atoms with Crippen LogP contribution in [0.2, 0.25) is 0 Å². The topological polar surface area (TPSA) is 55.4 Å². The Morgan fingerprint density at radius 3 is 1.76 bits per heavy atom. The highest BCUT2D eigenvalue weighted by Crippen LogP contribution is 2.11. The van der Waals surface area contributed by atoms with Crippen molar-refractivity contribution < 1.29 is 14.3 Å². The van der Waals surface area contributed by atoms with Gasteiger partial charge >= 0.3 is 0 Å². The van der Waals surface area contributed by atoms with Crippen molar-refractivity contribution in [2.24, 2.45) is 0 Å². The first-order chi connectivity index (χ1) is 9.20. The molecule has 0 atom stereocenters. The van der Waals surface area contributed by atoms with Gasteiger partial charge in [-0.2, -0.15) is 0 Å². The van der Waals surface area contributed by atoms with Crippen LogP contribution in [0.5, 0.6) is 5.75 Å². The number of hydrogen-bond acceptors (Lipinski definition) is 3. The second kappa shape index (κ2) is 9.00. The first-order valence-corrected chi connectivity index (χ1v) is 5.75. The molecule has 0 radical (unpaired) electrons. The first-order valence-electron chi connectivity index (χ1n) is 5.75. The highest BCUT2D eigenvalue weighted by atomic mass is 35.5. The summed E-state index contributed by atoms with van der Waals surface area (Å²) >= 11 is 0. The Morgan fingerprint density at radius 2 is 1.29 bits per heavy atom. The van der Waals surface area contributed by atoms with Crippen LogP contribution in [0.3, 0.4) is 0 Å². The van der Waals surface area contributed by atoms with Crippen LogP contribution in [0.4, 0.5) is 0 Å². The van der Waals surface area contributed by atoms with E-state index in [0.717, 1.165) is 0 Å². The predicted octanol–water partition coefficient (Wildman–Crippen LogP) is 3.11. The second-order valence-corrected chi connectivity index (χ2v) is 3.88. The van der Waals surface area contributed by atoms with Crippen molar-refractivity contribution in [2.45, 2.75) is 0 Å². The third-order valence-electron chi connectivity index (χ3n) is 2.62. The zero-order chi connectivity index (χ0) is 13.7. The lowest BCUT2D eigenvalue weighted by molar-refractivity contribution is 0.0849. The van der Waals surface area contributed by atoms with Gasteiger partial charge in [-0.05, 0) is 36.4 Å². The Labute approximate surface area is 135 Å². The SMILES string of the molecule is COc1ccc(C(=O)NC(=O)c2ccccc2)cc1.Cl.Cl. The molecular weight excluding hydrogens is 313 g/mol. The number of amides is 2. The predicted molar refractivity (Wildman–Crippen MR) is 85.7 cm³/mol. The van der Waals surface area contributed by atoms with E-state index in [4.69, 9.17) is 4.74 Å². The standard InChI is InChI=1S/C15H13NO3.2ClH/c1-19-13-9-7-12(8-10-13)15(18)16-14(17)11-5-3-2-4-6-11;;/h2-10H,1H3,(H,16,17,18);2*1H. The summed E-state index contributed by atoms with van der Waals surface area (Å²) in [4.78, 5) is 23.7. The lowest BCUT2D eigenvalue weighted by Crippen LogP contribution is -2.30. The van der Waals surface area contributed by atoms with E-state index in [0.29, 0.717) is 16.9 Å². The molecule has 0 heterocycles. The van der Waals surface area contributed by atoms with Crippen molar-refractivity contribution in [1.29, 1.82) is 0 Å². The third kappa shape index (κ3) is 5.10. The van der Waals surface area contributed by atoms with E-state index in [1.165, 1.54) is 0 Å². The molecule has 2 amide bonds. The van der Waals surface area contributed by atoms with Gasteiger partial charge in [-0.25, -0.2) is 0 Å². The lowest BCUT2D eigenvalue weighted by atomic mass is 10.2. The number of carbonyl (C=O) groups is 2. The summed E-state index contributed by atoms with van der Waals surface area (Å²) < 4.78 is 5.00. The summed E-state index contributed by atoms with van der Waals surface area (Å²) in [6.07, 6.45) is 0. The lowest BCUT2D eigenvalue weighted by Gasteiger charge is -2.05. The average Bonchev–Trinajstić information content (AvgIpc) is 2.48. The van der Waals surface area contributed by atoms with Crippen molar-refractivity contribution >= 4 is 36.6 Å². The smallest absolute Gasteiger partial charge is 0.258 e. The zero-order valence-electron chi connectivity index (χ0n) is 11.2. The molecule has 0 fully saturated rings. The minimum Gasteiger partial charge on any atom is -0.497 e. The number of methoxy groups -OCH3 is 1. The molecule has 0 saturated carbocycles. The summed E-state index contributed by atoms with van der Waals surface area (Å²) in [6, 6.07) is 15.1. The number of halogens is 2. The molecule has 2 aromatic rings. The number of nitrogens with one attached hydrogen (secondary N) is 1. The van der Waals surface area contributed by atoms with Gasteiger partial charge in [0, 0.05) is 11.1 Å². The van der Waals surface area contributed by atoms with Crippen LogP contribution in [0.25, 0.3) is 0 Å². The molecule has 0 aliphatic carbocycles. The number of ether oxygens (including phenoxy) is 1. The van der Waals surface area contributed by atoms with Gasteiger partial charge in [0.25, 0.3) is 11.8 Å². The van der Waals surface area contributed by atoms with Crippen LogP contribution in [-0.4, -0.2) is 18.9 Å². The van der Waals surface area contributed by atoms with Crippen LogP contribution < -0.4 is 10.1 Å². The van der Waals surface area contributed by atoms with Gasteiger partial charge in [0.1, 0.15) is 5.75 Å². The van der Waals surface area contributed by atoms with Gasteiger partial charge in [0.05, 0.1) is 7.11 Å². The molecule has 0 unspecified atom stereocenters. The normalized spacial score (nSPS) is 8.81. The second-order valence-electron chi connectivity index (χ2n) is 3.88. The summed E-state index contributed by atoms with van der Waals surface area (Å²) in [5.74, 6) is -0.191. The fraction of sp³-hybridized carbons (Fsp3) is 0.0667. The Bertz CT molecular complexity index is 586. The highest BCUT2D eigenvalue weighted by molar-refractivity contribution is 6.10. The Balaban J connectivity index is 0.00000200. The first kappa shape index (κ1) is 19.0. The van der Waals surface area contributed by atoms with Crippen molar-refractivity contribution in [3.8, 4) is 5.75 Å². The average molecular weight is 328 g/mol. The largest absolute Gasteiger partial charge is 0.497 e. The van der Waals surface area contributed by atoms with Crippen LogP contribution in [0, 0.1) is 0 Å². The Morgan fingerprint density at radius 1 is 0.810 bits per heavy atom. The molecule has 4 nitrogen and oxygen atoms in total. The van der Waals surface area contributed by atoms with Crippen molar-refractivity contribution in [2.75, 3.05) is 7.11 Å². The van der Waals surface area contributed by atoms with Crippen LogP contribution in [-0.2, 0) is 0 Å². The fourth-order valence-corrected chi connectivity index (χ4v) is 1.58. The minimum atomic E-state index is -0.434. The summed E-state index contributed by atoms with van der Waals surface area (Å²) in [5.41, 5.74) is 0.856. The molecule has 0 aromatic heterocycles. The van der Waals surface area contributed by atoms with Crippen molar-refractivity contribution in [3.63, 3.8) is 0 Å². The Kier molecular flexibility index (Phi) is 8.12. The van der Waals surface area contributed by atoms with E-state index in [-0.39, 0.29) is 24.8 Å². The van der Waals surface area contributed by atoms with Gasteiger partial charge in [-0.3, -0.25) is 14.9 Å². The molecule has 1 N–H and O–H groups in total. The summed E-state index contributed by atoms with van der Waals surface area (Å²) in [6.45, 7) is 0. The summed E-state index contributed by atoms with van der Waals surface area (Å²) in [5, 5.41) is 2.33. The number of benzene rings is 2. The van der Waals surface area contributed by atoms with Crippen molar-refractivity contribution in [3.05, 3.63) is 65.7 Å². The molecule has 0 bridgehead atoms. The number of imide groups is 1. The van der Waals surface area contributed by atoms with Crippen LogP contribution in [0.1, 0.15) is 20.7 Å². The van der Waals surface area contributed by atoms with Gasteiger partial charge < -0.3 is 4.74 Å². The number of hydrogen-bond donors (Lipinski definition) is 1.